The Bertz CT molecular complexity index is 579. The van der Waals surface area contributed by atoms with Crippen molar-refractivity contribution >= 4 is 11.8 Å². The molecule has 2 rings (SSSR count). The molecule has 0 aliphatic rings. The van der Waals surface area contributed by atoms with Crippen molar-refractivity contribution < 1.29 is 14.3 Å². The molecule has 0 N–H and O–H groups in total. The molecule has 4 heteroatoms. The lowest BCUT2D eigenvalue weighted by molar-refractivity contribution is 0.0597. The van der Waals surface area contributed by atoms with Crippen LogP contribution in [-0.2, 0) is 4.74 Å². The van der Waals surface area contributed by atoms with E-state index in [2.05, 4.69) is 9.72 Å². The molecule has 0 bridgehead atoms. The fourth-order valence-corrected chi connectivity index (χ4v) is 1.60. The average Bonchev–Trinajstić information content (AvgIpc) is 2.46. The first-order chi connectivity index (χ1) is 8.74. The quantitative estimate of drug-likeness (QED) is 0.610. The molecule has 18 heavy (non-hydrogen) atoms. The van der Waals surface area contributed by atoms with E-state index in [-0.39, 0.29) is 11.3 Å². The lowest BCUT2D eigenvalue weighted by Crippen LogP contribution is -2.12. The zero-order valence-corrected chi connectivity index (χ0v) is 9.79. The van der Waals surface area contributed by atoms with Gasteiger partial charge in [-0.25, -0.2) is 4.79 Å². The molecule has 0 saturated heterocycles. The van der Waals surface area contributed by atoms with Gasteiger partial charge in [0, 0.05) is 11.8 Å². The summed E-state index contributed by atoms with van der Waals surface area (Å²) in [4.78, 5) is 27.8. The summed E-state index contributed by atoms with van der Waals surface area (Å²) in [6.45, 7) is 0. The summed E-state index contributed by atoms with van der Waals surface area (Å²) >= 11 is 0. The molecule has 0 spiro atoms. The number of carbonyl (C=O) groups excluding carboxylic acids is 2. The molecule has 90 valence electrons. The third-order valence-corrected chi connectivity index (χ3v) is 2.47. The molecule has 0 amide bonds. The largest absolute Gasteiger partial charge is 0.465 e. The second-order valence-electron chi connectivity index (χ2n) is 3.58. The van der Waals surface area contributed by atoms with Crippen LogP contribution in [0.25, 0.3) is 0 Å². The maximum absolute atomic E-state index is 12.2. The van der Waals surface area contributed by atoms with E-state index in [0.717, 1.165) is 0 Å². The second kappa shape index (κ2) is 5.23. The molecule has 1 aromatic heterocycles. The Morgan fingerprint density at radius 2 is 1.67 bits per heavy atom. The number of aromatic nitrogens is 1. The zero-order valence-electron chi connectivity index (χ0n) is 9.79. The molecule has 2 aromatic rings. The molecule has 0 unspecified atom stereocenters. The highest BCUT2D eigenvalue weighted by Gasteiger charge is 2.18. The molecule has 0 fully saturated rings. The number of ketones is 1. The fourth-order valence-electron chi connectivity index (χ4n) is 1.60. The molecule has 1 heterocycles. The van der Waals surface area contributed by atoms with Gasteiger partial charge in [0.15, 0.2) is 0 Å². The highest BCUT2D eigenvalue weighted by atomic mass is 16.5. The standard InChI is InChI=1S/C14H11NO3/c1-18-14(17)11-7-3-2-6-10(11)13(16)12-8-4-5-9-15-12/h2-9H,1H3. The number of pyridine rings is 1. The predicted molar refractivity (Wildman–Crippen MR) is 65.5 cm³/mol. The van der Waals surface area contributed by atoms with Crippen LogP contribution < -0.4 is 0 Å². The Kier molecular flexibility index (Phi) is 3.48. The van der Waals surface area contributed by atoms with Crippen molar-refractivity contribution in [3.8, 4) is 0 Å². The van der Waals surface area contributed by atoms with Gasteiger partial charge in [0.1, 0.15) is 5.69 Å². The third-order valence-electron chi connectivity index (χ3n) is 2.47. The fraction of sp³-hybridized carbons (Fsp3) is 0.0714. The Morgan fingerprint density at radius 3 is 2.28 bits per heavy atom. The van der Waals surface area contributed by atoms with Gasteiger partial charge in [-0.15, -0.1) is 0 Å². The monoisotopic (exact) mass is 241 g/mol. The molecular weight excluding hydrogens is 230 g/mol. The number of hydrogen-bond donors (Lipinski definition) is 0. The number of hydrogen-bond acceptors (Lipinski definition) is 4. The molecule has 4 nitrogen and oxygen atoms in total. The van der Waals surface area contributed by atoms with E-state index >= 15 is 0 Å². The van der Waals surface area contributed by atoms with Gasteiger partial charge in [0.05, 0.1) is 12.7 Å². The SMILES string of the molecule is COC(=O)c1ccccc1C(=O)c1ccccn1. The van der Waals surface area contributed by atoms with Crippen LogP contribution in [0.15, 0.2) is 48.7 Å². The topological polar surface area (TPSA) is 56.3 Å². The van der Waals surface area contributed by atoms with Crippen molar-refractivity contribution in [3.05, 3.63) is 65.5 Å². The van der Waals surface area contributed by atoms with E-state index in [9.17, 15) is 9.59 Å². The van der Waals surface area contributed by atoms with Crippen LogP contribution in [0.3, 0.4) is 0 Å². The Labute approximate surface area is 104 Å². The number of methoxy groups -OCH3 is 1. The first-order valence-corrected chi connectivity index (χ1v) is 5.37. The van der Waals surface area contributed by atoms with Crippen molar-refractivity contribution in [2.45, 2.75) is 0 Å². The van der Waals surface area contributed by atoms with E-state index in [1.54, 1.807) is 42.5 Å². The third kappa shape index (κ3) is 2.27. The zero-order chi connectivity index (χ0) is 13.0. The summed E-state index contributed by atoms with van der Waals surface area (Å²) in [5.41, 5.74) is 0.840. The van der Waals surface area contributed by atoms with E-state index in [4.69, 9.17) is 0 Å². The molecule has 0 atom stereocenters. The summed E-state index contributed by atoms with van der Waals surface area (Å²) < 4.78 is 4.65. The number of rotatable bonds is 3. The van der Waals surface area contributed by atoms with Gasteiger partial charge in [-0.3, -0.25) is 9.78 Å². The number of benzene rings is 1. The van der Waals surface area contributed by atoms with Gasteiger partial charge in [0.25, 0.3) is 0 Å². The summed E-state index contributed by atoms with van der Waals surface area (Å²) in [7, 11) is 1.28. The average molecular weight is 241 g/mol. The lowest BCUT2D eigenvalue weighted by atomic mass is 10.0. The van der Waals surface area contributed by atoms with Crippen LogP contribution in [0.2, 0.25) is 0 Å². The van der Waals surface area contributed by atoms with Gasteiger partial charge in [-0.05, 0) is 18.2 Å². The van der Waals surface area contributed by atoms with Crippen molar-refractivity contribution in [2.75, 3.05) is 7.11 Å². The van der Waals surface area contributed by atoms with Crippen molar-refractivity contribution in [1.82, 2.24) is 4.98 Å². The van der Waals surface area contributed by atoms with Crippen LogP contribution in [0.4, 0.5) is 0 Å². The van der Waals surface area contributed by atoms with Gasteiger partial charge in [0.2, 0.25) is 5.78 Å². The van der Waals surface area contributed by atoms with E-state index < -0.39 is 5.97 Å². The van der Waals surface area contributed by atoms with Crippen LogP contribution >= 0.6 is 0 Å². The van der Waals surface area contributed by atoms with Crippen LogP contribution in [0, 0.1) is 0 Å². The van der Waals surface area contributed by atoms with Crippen molar-refractivity contribution in [2.24, 2.45) is 0 Å². The van der Waals surface area contributed by atoms with Gasteiger partial charge in [-0.2, -0.15) is 0 Å². The maximum Gasteiger partial charge on any atom is 0.338 e. The molecular formula is C14H11NO3. The summed E-state index contributed by atoms with van der Waals surface area (Å²) in [5.74, 6) is -0.827. The highest BCUT2D eigenvalue weighted by molar-refractivity contribution is 6.13. The Hall–Kier alpha value is -2.49. The molecule has 0 aliphatic heterocycles. The van der Waals surface area contributed by atoms with Crippen LogP contribution in [-0.4, -0.2) is 23.8 Å². The molecule has 0 aliphatic carbocycles. The van der Waals surface area contributed by atoms with Crippen molar-refractivity contribution in [3.63, 3.8) is 0 Å². The number of carbonyl (C=O) groups is 2. The van der Waals surface area contributed by atoms with Crippen LogP contribution in [0.1, 0.15) is 26.4 Å². The van der Waals surface area contributed by atoms with Gasteiger partial charge in [-0.1, -0.05) is 24.3 Å². The van der Waals surface area contributed by atoms with Crippen molar-refractivity contribution in [1.29, 1.82) is 0 Å². The first kappa shape index (κ1) is 12.0. The first-order valence-electron chi connectivity index (χ1n) is 5.37. The Morgan fingerprint density at radius 1 is 1.00 bits per heavy atom. The van der Waals surface area contributed by atoms with Gasteiger partial charge >= 0.3 is 5.97 Å². The number of esters is 1. The predicted octanol–water partition coefficient (Wildman–Crippen LogP) is 2.10. The minimum Gasteiger partial charge on any atom is -0.465 e. The van der Waals surface area contributed by atoms with Crippen LogP contribution in [0.5, 0.6) is 0 Å². The lowest BCUT2D eigenvalue weighted by Gasteiger charge is -2.06. The minimum absolute atomic E-state index is 0.246. The number of ether oxygens (including phenoxy) is 1. The summed E-state index contributed by atoms with van der Waals surface area (Å²) in [6.07, 6.45) is 1.54. The van der Waals surface area contributed by atoms with E-state index in [1.807, 2.05) is 0 Å². The molecule has 1 aromatic carbocycles. The normalized spacial score (nSPS) is 9.83. The second-order valence-corrected chi connectivity index (χ2v) is 3.58. The smallest absolute Gasteiger partial charge is 0.338 e. The highest BCUT2D eigenvalue weighted by Crippen LogP contribution is 2.14. The summed E-state index contributed by atoms with van der Waals surface area (Å²) in [5, 5.41) is 0. The number of nitrogens with zero attached hydrogens (tertiary/aromatic N) is 1. The van der Waals surface area contributed by atoms with E-state index in [1.165, 1.54) is 13.3 Å². The summed E-state index contributed by atoms with van der Waals surface area (Å²) in [6, 6.07) is 11.6. The maximum atomic E-state index is 12.2. The van der Waals surface area contributed by atoms with E-state index in [0.29, 0.717) is 11.3 Å². The molecule has 0 saturated carbocycles. The minimum atomic E-state index is -0.533. The van der Waals surface area contributed by atoms with Gasteiger partial charge < -0.3 is 4.74 Å². The Balaban J connectivity index is 2.46. The molecule has 0 radical (unpaired) electrons.